The van der Waals surface area contributed by atoms with Gasteiger partial charge in [-0.3, -0.25) is 9.59 Å². The van der Waals surface area contributed by atoms with E-state index >= 15 is 0 Å². The number of nitrogens with one attached hydrogen (secondary N) is 3. The van der Waals surface area contributed by atoms with Crippen LogP contribution < -0.4 is 15.4 Å². The van der Waals surface area contributed by atoms with Gasteiger partial charge in [0, 0.05) is 30.6 Å². The van der Waals surface area contributed by atoms with Crippen molar-refractivity contribution in [2.24, 2.45) is 5.92 Å². The minimum Gasteiger partial charge on any atom is -0.490 e. The first kappa shape index (κ1) is 25.6. The summed E-state index contributed by atoms with van der Waals surface area (Å²) in [7, 11) is 1.41. The van der Waals surface area contributed by atoms with Crippen LogP contribution in [0.4, 0.5) is 0 Å². The van der Waals surface area contributed by atoms with Gasteiger partial charge in [0.15, 0.2) is 0 Å². The normalized spacial score (nSPS) is 24.9. The summed E-state index contributed by atoms with van der Waals surface area (Å²) in [6.45, 7) is 0. The molecular weight excluding hydrogens is 456 g/mol. The number of nitriles is 1. The second-order valence-corrected chi connectivity index (χ2v) is 9.21. The summed E-state index contributed by atoms with van der Waals surface area (Å²) in [5.74, 6) is 0.158. The molecule has 0 heterocycles. The van der Waals surface area contributed by atoms with Crippen LogP contribution in [0.25, 0.3) is 0 Å². The molecule has 182 valence electrons. The first-order valence-electron chi connectivity index (χ1n) is 11.6. The molecule has 0 spiro atoms. The van der Waals surface area contributed by atoms with Gasteiger partial charge in [-0.2, -0.15) is 5.26 Å². The monoisotopic (exact) mass is 486 g/mol. The highest BCUT2D eigenvalue weighted by molar-refractivity contribution is 6.31. The molecule has 0 atom stereocenters. The number of carbonyl (C=O) groups is 2. The number of benzene rings is 1. The van der Waals surface area contributed by atoms with Crippen molar-refractivity contribution < 1.29 is 19.1 Å². The van der Waals surface area contributed by atoms with E-state index in [1.54, 1.807) is 24.4 Å². The molecule has 0 bridgehead atoms. The number of hydrogen-bond acceptors (Lipinski definition) is 7. The van der Waals surface area contributed by atoms with Crippen molar-refractivity contribution in [3.63, 3.8) is 0 Å². The third kappa shape index (κ3) is 6.97. The van der Waals surface area contributed by atoms with Crippen molar-refractivity contribution in [2.45, 2.75) is 69.6 Å². The predicted molar refractivity (Wildman–Crippen MR) is 129 cm³/mol. The second kappa shape index (κ2) is 12.4. The Labute approximate surface area is 205 Å². The molecule has 0 saturated heterocycles. The Morgan fingerprint density at radius 1 is 1.12 bits per heavy atom. The summed E-state index contributed by atoms with van der Waals surface area (Å²) >= 11 is 6.07. The van der Waals surface area contributed by atoms with Crippen molar-refractivity contribution in [2.75, 3.05) is 7.11 Å². The molecule has 3 N–H and O–H groups in total. The van der Waals surface area contributed by atoms with Crippen LogP contribution in [0, 0.1) is 22.7 Å². The van der Waals surface area contributed by atoms with Gasteiger partial charge in [-0.15, -0.1) is 0 Å². The number of hydrogen-bond donors (Lipinski definition) is 3. The van der Waals surface area contributed by atoms with Crippen molar-refractivity contribution in [1.29, 1.82) is 10.7 Å². The summed E-state index contributed by atoms with van der Waals surface area (Å²) in [4.78, 5) is 24.3. The van der Waals surface area contributed by atoms with E-state index in [0.717, 1.165) is 57.6 Å². The maximum absolute atomic E-state index is 12.7. The second-order valence-electron chi connectivity index (χ2n) is 8.80. The van der Waals surface area contributed by atoms with Gasteiger partial charge in [-0.25, -0.2) is 0 Å². The summed E-state index contributed by atoms with van der Waals surface area (Å²) in [5, 5.41) is 23.2. The predicted octanol–water partition coefficient (Wildman–Crippen LogP) is 3.87. The van der Waals surface area contributed by atoms with E-state index in [1.165, 1.54) is 7.11 Å². The highest BCUT2D eigenvalue weighted by Gasteiger charge is 2.27. The average Bonchev–Trinajstić information content (AvgIpc) is 2.85. The average molecular weight is 487 g/mol. The Kier molecular flexibility index (Phi) is 9.34. The van der Waals surface area contributed by atoms with Gasteiger partial charge < -0.3 is 25.5 Å². The summed E-state index contributed by atoms with van der Waals surface area (Å²) in [6, 6.07) is 7.27. The van der Waals surface area contributed by atoms with E-state index in [1.807, 2.05) is 6.07 Å². The van der Waals surface area contributed by atoms with E-state index in [9.17, 15) is 9.59 Å². The van der Waals surface area contributed by atoms with Gasteiger partial charge in [0.1, 0.15) is 11.8 Å². The summed E-state index contributed by atoms with van der Waals surface area (Å²) in [5.41, 5.74) is 0.694. The molecule has 1 aromatic rings. The van der Waals surface area contributed by atoms with E-state index < -0.39 is 0 Å². The van der Waals surface area contributed by atoms with E-state index in [-0.39, 0.29) is 41.6 Å². The zero-order valence-corrected chi connectivity index (χ0v) is 20.1. The lowest BCUT2D eigenvalue weighted by atomic mass is 9.86. The fourth-order valence-electron chi connectivity index (χ4n) is 4.49. The van der Waals surface area contributed by atoms with Gasteiger partial charge in [0.2, 0.25) is 0 Å². The highest BCUT2D eigenvalue weighted by Crippen LogP contribution is 2.28. The Balaban J connectivity index is 1.42. The molecule has 3 rings (SSSR count). The number of carbonyl (C=O) groups excluding carboxylic acids is 2. The molecular formula is C25H31ClN4O4. The van der Waals surface area contributed by atoms with Crippen LogP contribution in [-0.4, -0.2) is 43.4 Å². The lowest BCUT2D eigenvalue weighted by Crippen LogP contribution is -2.41. The molecule has 9 heteroatoms. The van der Waals surface area contributed by atoms with Crippen molar-refractivity contribution in [1.82, 2.24) is 10.6 Å². The lowest BCUT2D eigenvalue weighted by Gasteiger charge is -2.30. The third-order valence-corrected chi connectivity index (χ3v) is 6.84. The Morgan fingerprint density at radius 2 is 1.79 bits per heavy atom. The van der Waals surface area contributed by atoms with Crippen LogP contribution in [0.1, 0.15) is 56.9 Å². The molecule has 2 aliphatic rings. The molecule has 2 fully saturated rings. The smallest absolute Gasteiger partial charge is 0.308 e. The molecule has 8 nitrogen and oxygen atoms in total. The van der Waals surface area contributed by atoms with Crippen molar-refractivity contribution in [3.05, 3.63) is 40.6 Å². The molecule has 1 amide bonds. The number of ether oxygens (including phenoxy) is 2. The van der Waals surface area contributed by atoms with Crippen molar-refractivity contribution in [3.8, 4) is 11.8 Å². The first-order valence-corrected chi connectivity index (χ1v) is 12.0. The number of rotatable bonds is 8. The maximum atomic E-state index is 12.7. The number of esters is 1. The fourth-order valence-corrected chi connectivity index (χ4v) is 4.70. The maximum Gasteiger partial charge on any atom is 0.308 e. The van der Waals surface area contributed by atoms with E-state index in [2.05, 4.69) is 10.6 Å². The van der Waals surface area contributed by atoms with E-state index in [0.29, 0.717) is 16.3 Å². The zero-order valence-electron chi connectivity index (χ0n) is 19.3. The number of nitrogens with zero attached hydrogens (tertiary/aromatic N) is 1. The van der Waals surface area contributed by atoms with Gasteiger partial charge in [0.05, 0.1) is 35.3 Å². The molecule has 2 aliphatic carbocycles. The Hall–Kier alpha value is -3.05. The number of halogens is 1. The topological polar surface area (TPSA) is 124 Å². The van der Waals surface area contributed by atoms with Crippen molar-refractivity contribution >= 4 is 29.7 Å². The minimum atomic E-state index is -0.269. The van der Waals surface area contributed by atoms with Crippen LogP contribution in [0.15, 0.2) is 30.0 Å². The molecule has 0 aromatic heterocycles. The Morgan fingerprint density at radius 3 is 2.38 bits per heavy atom. The van der Waals surface area contributed by atoms with Gasteiger partial charge >= 0.3 is 5.97 Å². The SMILES string of the molecule is COC(=O)[C@H]1CC[C@H](N/C=C(\C=N)C(=O)N[C@H]2CC[C@H](Oc3ccc(C#N)c(Cl)c3)CC2)CC1. The van der Waals surface area contributed by atoms with Crippen LogP contribution in [0.2, 0.25) is 5.02 Å². The van der Waals surface area contributed by atoms with E-state index in [4.69, 9.17) is 31.7 Å². The number of methoxy groups -OCH3 is 1. The Bertz CT molecular complexity index is 958. The molecule has 1 aromatic carbocycles. The van der Waals surface area contributed by atoms with Crippen LogP contribution in [-0.2, 0) is 14.3 Å². The first-order chi connectivity index (χ1) is 16.4. The quantitative estimate of drug-likeness (QED) is 0.291. The number of amides is 1. The van der Waals surface area contributed by atoms with Gasteiger partial charge in [-0.1, -0.05) is 11.6 Å². The fraction of sp³-hybridized carbons (Fsp3) is 0.520. The zero-order chi connectivity index (χ0) is 24.5. The standard InChI is InChI=1S/C25H31ClN4O4/c1-33-25(32)16-2-5-19(6-3-16)29-15-18(14-28)24(31)30-20-7-10-21(11-8-20)34-22-9-4-17(13-27)23(26)12-22/h4,9,12,14-16,19-21,28-29H,2-3,5-8,10-11H2,1H3,(H,30,31)/b18-15+,28-14?/t16-,19-,20-,21-. The third-order valence-electron chi connectivity index (χ3n) is 6.53. The van der Waals surface area contributed by atoms with Crippen LogP contribution in [0.3, 0.4) is 0 Å². The van der Waals surface area contributed by atoms with Crippen LogP contribution >= 0.6 is 11.6 Å². The summed E-state index contributed by atoms with van der Waals surface area (Å²) < 4.78 is 10.8. The molecule has 34 heavy (non-hydrogen) atoms. The molecule has 2 saturated carbocycles. The largest absolute Gasteiger partial charge is 0.490 e. The van der Waals surface area contributed by atoms with Crippen LogP contribution in [0.5, 0.6) is 5.75 Å². The minimum absolute atomic E-state index is 0.0238. The van der Waals surface area contributed by atoms with Gasteiger partial charge in [-0.05, 0) is 63.5 Å². The summed E-state index contributed by atoms with van der Waals surface area (Å²) in [6.07, 6.45) is 8.95. The highest BCUT2D eigenvalue weighted by atomic mass is 35.5. The van der Waals surface area contributed by atoms with Gasteiger partial charge in [0.25, 0.3) is 5.91 Å². The molecule has 0 unspecified atom stereocenters. The lowest BCUT2D eigenvalue weighted by molar-refractivity contribution is -0.146. The molecule has 0 aliphatic heterocycles. The molecule has 0 radical (unpaired) electrons.